The van der Waals surface area contributed by atoms with Gasteiger partial charge in [0.25, 0.3) is 0 Å². The van der Waals surface area contributed by atoms with Crippen molar-refractivity contribution in [2.75, 3.05) is 31.6 Å². The zero-order chi connectivity index (χ0) is 21.4. The van der Waals surface area contributed by atoms with Gasteiger partial charge in [-0.25, -0.2) is 4.98 Å². The van der Waals surface area contributed by atoms with Gasteiger partial charge in [-0.3, -0.25) is 4.99 Å². The van der Waals surface area contributed by atoms with Gasteiger partial charge in [0.05, 0.1) is 0 Å². The maximum Gasteiger partial charge on any atom is 0.422 e. The lowest BCUT2D eigenvalue weighted by Gasteiger charge is -2.17. The van der Waals surface area contributed by atoms with Crippen LogP contribution in [0.4, 0.5) is 19.0 Å². The number of anilines is 1. The maximum absolute atomic E-state index is 12.2. The van der Waals surface area contributed by atoms with E-state index in [1.54, 1.807) is 19.2 Å². The number of aromatic nitrogens is 1. The third kappa shape index (κ3) is 8.42. The molecule has 0 spiro atoms. The molecule has 0 unspecified atom stereocenters. The van der Waals surface area contributed by atoms with Crippen LogP contribution < -0.4 is 20.3 Å². The normalized spacial score (nSPS) is 14.2. The van der Waals surface area contributed by atoms with Crippen LogP contribution in [0.1, 0.15) is 24.0 Å². The molecule has 10 heteroatoms. The second-order valence-electron chi connectivity index (χ2n) is 7.04. The minimum atomic E-state index is -4.34. The number of guanidine groups is 1. The summed E-state index contributed by atoms with van der Waals surface area (Å²) >= 11 is 0. The molecule has 2 N–H and O–H groups in total. The standard InChI is InChI=1S/C21H26F3N5O.HI/c1-25-20(27-13-16-4-6-18(7-5-16)30-15-21(22,23)24)28-14-17-8-9-26-19(12-17)29-10-2-3-11-29;/h4-9,12H,2-3,10-11,13-15H2,1H3,(H2,25,27,28);1H. The molecule has 1 fully saturated rings. The second kappa shape index (κ2) is 12.0. The van der Waals surface area contributed by atoms with Gasteiger partial charge in [0, 0.05) is 39.4 Å². The number of ether oxygens (including phenoxy) is 1. The Kier molecular flexibility index (Phi) is 9.66. The minimum absolute atomic E-state index is 0. The van der Waals surface area contributed by atoms with Gasteiger partial charge in [0.2, 0.25) is 0 Å². The van der Waals surface area contributed by atoms with Gasteiger partial charge >= 0.3 is 6.18 Å². The van der Waals surface area contributed by atoms with E-state index < -0.39 is 12.8 Å². The number of nitrogens with zero attached hydrogens (tertiary/aromatic N) is 3. The molecule has 0 aliphatic carbocycles. The summed E-state index contributed by atoms with van der Waals surface area (Å²) in [6, 6.07) is 10.5. The third-order valence-electron chi connectivity index (χ3n) is 4.71. The summed E-state index contributed by atoms with van der Waals surface area (Å²) in [7, 11) is 1.69. The highest BCUT2D eigenvalue weighted by atomic mass is 127. The van der Waals surface area contributed by atoms with Crippen LogP contribution in [0.5, 0.6) is 5.75 Å². The molecule has 1 aliphatic rings. The van der Waals surface area contributed by atoms with Crippen LogP contribution in [0.2, 0.25) is 0 Å². The largest absolute Gasteiger partial charge is 0.484 e. The summed E-state index contributed by atoms with van der Waals surface area (Å²) in [6.07, 6.45) is -0.113. The van der Waals surface area contributed by atoms with Gasteiger partial charge in [0.15, 0.2) is 12.6 Å². The van der Waals surface area contributed by atoms with Crippen LogP contribution in [0.3, 0.4) is 0 Å². The topological polar surface area (TPSA) is 61.8 Å². The molecule has 1 aliphatic heterocycles. The number of hydrogen-bond donors (Lipinski definition) is 2. The first kappa shape index (κ1) is 25.0. The fourth-order valence-corrected chi connectivity index (χ4v) is 3.15. The van der Waals surface area contributed by atoms with Gasteiger partial charge < -0.3 is 20.3 Å². The predicted molar refractivity (Wildman–Crippen MR) is 126 cm³/mol. The predicted octanol–water partition coefficient (Wildman–Crippen LogP) is 4.11. The average molecular weight is 549 g/mol. The van der Waals surface area contributed by atoms with E-state index >= 15 is 0 Å². The van der Waals surface area contributed by atoms with Crippen LogP contribution in [0, 0.1) is 0 Å². The SMILES string of the molecule is CN=C(NCc1ccc(OCC(F)(F)F)cc1)NCc1ccnc(N2CCCC2)c1.I. The van der Waals surface area contributed by atoms with Crippen LogP contribution in [-0.4, -0.2) is 43.9 Å². The molecule has 3 rings (SSSR count). The number of halogens is 4. The summed E-state index contributed by atoms with van der Waals surface area (Å²) in [6.45, 7) is 1.89. The molecule has 0 saturated carbocycles. The van der Waals surface area contributed by atoms with Gasteiger partial charge in [0.1, 0.15) is 11.6 Å². The zero-order valence-corrected chi connectivity index (χ0v) is 19.6. The number of pyridine rings is 1. The molecular weight excluding hydrogens is 522 g/mol. The summed E-state index contributed by atoms with van der Waals surface area (Å²) in [5, 5.41) is 6.46. The zero-order valence-electron chi connectivity index (χ0n) is 17.3. The van der Waals surface area contributed by atoms with Crippen molar-refractivity contribution in [3.05, 3.63) is 53.7 Å². The highest BCUT2D eigenvalue weighted by molar-refractivity contribution is 14.0. The van der Waals surface area contributed by atoms with Gasteiger partial charge in [-0.05, 0) is 48.2 Å². The Labute approximate surface area is 197 Å². The fourth-order valence-electron chi connectivity index (χ4n) is 3.15. The quantitative estimate of drug-likeness (QED) is 0.310. The Morgan fingerprint density at radius 3 is 2.32 bits per heavy atom. The molecule has 0 atom stereocenters. The lowest BCUT2D eigenvalue weighted by Crippen LogP contribution is -2.36. The highest BCUT2D eigenvalue weighted by Crippen LogP contribution is 2.19. The van der Waals surface area contributed by atoms with Crippen molar-refractivity contribution >= 4 is 35.8 Å². The summed E-state index contributed by atoms with van der Waals surface area (Å²) in [5.74, 6) is 1.82. The van der Waals surface area contributed by atoms with Crippen molar-refractivity contribution < 1.29 is 17.9 Å². The van der Waals surface area contributed by atoms with Crippen molar-refractivity contribution in [2.24, 2.45) is 4.99 Å². The first-order valence-corrected chi connectivity index (χ1v) is 9.86. The average Bonchev–Trinajstić information content (AvgIpc) is 3.28. The minimum Gasteiger partial charge on any atom is -0.484 e. The van der Waals surface area contributed by atoms with E-state index in [9.17, 15) is 13.2 Å². The molecule has 170 valence electrons. The first-order valence-electron chi connectivity index (χ1n) is 9.86. The number of alkyl halides is 3. The molecule has 6 nitrogen and oxygen atoms in total. The third-order valence-corrected chi connectivity index (χ3v) is 4.71. The lowest BCUT2D eigenvalue weighted by molar-refractivity contribution is -0.153. The van der Waals surface area contributed by atoms with Crippen molar-refractivity contribution in [1.82, 2.24) is 15.6 Å². The number of nitrogens with one attached hydrogen (secondary N) is 2. The van der Waals surface area contributed by atoms with Crippen LogP contribution in [0.15, 0.2) is 47.6 Å². The number of rotatable bonds is 7. The Balaban J connectivity index is 0.00000341. The molecule has 0 amide bonds. The van der Waals surface area contributed by atoms with E-state index in [4.69, 9.17) is 4.74 Å². The molecule has 1 aromatic heterocycles. The summed E-state index contributed by atoms with van der Waals surface area (Å²) in [4.78, 5) is 11.0. The highest BCUT2D eigenvalue weighted by Gasteiger charge is 2.28. The molecule has 31 heavy (non-hydrogen) atoms. The van der Waals surface area contributed by atoms with Crippen LogP contribution >= 0.6 is 24.0 Å². The van der Waals surface area contributed by atoms with Gasteiger partial charge in [-0.15, -0.1) is 24.0 Å². The Hall–Kier alpha value is -2.24. The molecule has 2 aromatic rings. The number of hydrogen-bond acceptors (Lipinski definition) is 4. The fraction of sp³-hybridized carbons (Fsp3) is 0.429. The van der Waals surface area contributed by atoms with Gasteiger partial charge in [-0.1, -0.05) is 12.1 Å². The van der Waals surface area contributed by atoms with E-state index in [2.05, 4.69) is 31.6 Å². The van der Waals surface area contributed by atoms with Crippen molar-refractivity contribution in [2.45, 2.75) is 32.1 Å². The monoisotopic (exact) mass is 549 g/mol. The molecule has 0 radical (unpaired) electrons. The van der Waals surface area contributed by atoms with Crippen LogP contribution in [-0.2, 0) is 13.1 Å². The van der Waals surface area contributed by atoms with Gasteiger partial charge in [-0.2, -0.15) is 13.2 Å². The van der Waals surface area contributed by atoms with Crippen LogP contribution in [0.25, 0.3) is 0 Å². The second-order valence-corrected chi connectivity index (χ2v) is 7.04. The molecular formula is C21H27F3IN5O. The Bertz CT molecular complexity index is 840. The van der Waals surface area contributed by atoms with Crippen molar-refractivity contribution in [3.8, 4) is 5.75 Å². The number of aliphatic imine (C=N–C) groups is 1. The molecule has 1 saturated heterocycles. The number of benzene rings is 1. The van der Waals surface area contributed by atoms with E-state index in [0.29, 0.717) is 19.0 Å². The van der Waals surface area contributed by atoms with E-state index in [1.807, 2.05) is 12.3 Å². The summed E-state index contributed by atoms with van der Waals surface area (Å²) in [5.41, 5.74) is 2.01. The smallest absolute Gasteiger partial charge is 0.422 e. The summed E-state index contributed by atoms with van der Waals surface area (Å²) < 4.78 is 41.3. The molecule has 0 bridgehead atoms. The molecule has 1 aromatic carbocycles. The lowest BCUT2D eigenvalue weighted by atomic mass is 10.2. The van der Waals surface area contributed by atoms with E-state index in [0.717, 1.165) is 30.0 Å². The van der Waals surface area contributed by atoms with Crippen molar-refractivity contribution in [3.63, 3.8) is 0 Å². The Morgan fingerprint density at radius 1 is 1.06 bits per heavy atom. The first-order chi connectivity index (χ1) is 14.4. The van der Waals surface area contributed by atoms with Crippen molar-refractivity contribution in [1.29, 1.82) is 0 Å². The maximum atomic E-state index is 12.2. The Morgan fingerprint density at radius 2 is 1.71 bits per heavy atom. The van der Waals surface area contributed by atoms with E-state index in [-0.39, 0.29) is 29.7 Å². The van der Waals surface area contributed by atoms with E-state index in [1.165, 1.54) is 25.0 Å². The molecule has 2 heterocycles.